The van der Waals surface area contributed by atoms with Crippen molar-refractivity contribution in [2.24, 2.45) is 0 Å². The molecule has 1 saturated heterocycles. The molecule has 21 heavy (non-hydrogen) atoms. The van der Waals surface area contributed by atoms with Crippen LogP contribution in [0.15, 0.2) is 12.1 Å². The number of phenols is 1. The van der Waals surface area contributed by atoms with Gasteiger partial charge in [0.05, 0.1) is 26.4 Å². The van der Waals surface area contributed by atoms with Crippen molar-refractivity contribution >= 4 is 0 Å². The molecule has 1 aliphatic heterocycles. The molecule has 7 nitrogen and oxygen atoms in total. The quantitative estimate of drug-likeness (QED) is 0.751. The third-order valence-corrected chi connectivity index (χ3v) is 3.39. The number of phenolic OH excluding ortho intramolecular Hbond substituents is 1. The average molecular weight is 300 g/mol. The monoisotopic (exact) mass is 300 g/mol. The maximum atomic E-state index is 10.00. The first-order valence-corrected chi connectivity index (χ1v) is 6.59. The number of ether oxygens (including phenoxy) is 4. The molecule has 1 fully saturated rings. The standard InChI is InChI=1S/C14H20O7/c1-7-13(17)9(15)6-12(20-7)21-14-10(16)4-8(18-2)5-11(14)19-3/h4-5,7,9,12-13,15-17H,6H2,1-3H3/t7-,9+,12+,13-/m1/s1. The number of benzene rings is 1. The molecule has 1 aromatic rings. The van der Waals surface area contributed by atoms with Crippen molar-refractivity contribution in [1.82, 2.24) is 0 Å². The Morgan fingerprint density at radius 2 is 1.90 bits per heavy atom. The molecule has 4 atom stereocenters. The fraction of sp³-hybridized carbons (Fsp3) is 0.571. The number of hydrogen-bond donors (Lipinski definition) is 3. The largest absolute Gasteiger partial charge is 0.504 e. The molecular weight excluding hydrogens is 280 g/mol. The van der Waals surface area contributed by atoms with E-state index >= 15 is 0 Å². The molecular formula is C14H20O7. The Morgan fingerprint density at radius 1 is 1.19 bits per heavy atom. The van der Waals surface area contributed by atoms with Gasteiger partial charge in [-0.15, -0.1) is 0 Å². The third-order valence-electron chi connectivity index (χ3n) is 3.39. The van der Waals surface area contributed by atoms with Gasteiger partial charge in [0, 0.05) is 18.6 Å². The van der Waals surface area contributed by atoms with Crippen LogP contribution in [0.4, 0.5) is 0 Å². The van der Waals surface area contributed by atoms with Crippen LogP contribution in [0.1, 0.15) is 13.3 Å². The first kappa shape index (κ1) is 15.7. The van der Waals surface area contributed by atoms with Gasteiger partial charge in [-0.05, 0) is 6.92 Å². The Kier molecular flexibility index (Phi) is 4.76. The molecule has 1 heterocycles. The first-order valence-electron chi connectivity index (χ1n) is 6.59. The van der Waals surface area contributed by atoms with E-state index in [1.54, 1.807) is 13.0 Å². The summed E-state index contributed by atoms with van der Waals surface area (Å²) >= 11 is 0. The third kappa shape index (κ3) is 3.31. The minimum Gasteiger partial charge on any atom is -0.504 e. The minimum absolute atomic E-state index is 0.0835. The Morgan fingerprint density at radius 3 is 2.48 bits per heavy atom. The van der Waals surface area contributed by atoms with Crippen LogP contribution in [0.25, 0.3) is 0 Å². The Balaban J connectivity index is 2.19. The van der Waals surface area contributed by atoms with E-state index in [0.29, 0.717) is 5.75 Å². The lowest BCUT2D eigenvalue weighted by molar-refractivity contribution is -0.217. The Labute approximate surface area is 122 Å². The normalized spacial score (nSPS) is 29.0. The highest BCUT2D eigenvalue weighted by molar-refractivity contribution is 5.55. The first-order chi connectivity index (χ1) is 9.96. The van der Waals surface area contributed by atoms with Gasteiger partial charge in [0.2, 0.25) is 12.0 Å². The zero-order valence-corrected chi connectivity index (χ0v) is 12.1. The van der Waals surface area contributed by atoms with Crippen LogP contribution < -0.4 is 14.2 Å². The van der Waals surface area contributed by atoms with Gasteiger partial charge in [-0.2, -0.15) is 0 Å². The van der Waals surface area contributed by atoms with Crippen LogP contribution in [-0.2, 0) is 4.74 Å². The van der Waals surface area contributed by atoms with Crippen LogP contribution in [0, 0.1) is 0 Å². The van der Waals surface area contributed by atoms with Gasteiger partial charge in [0.1, 0.15) is 11.9 Å². The summed E-state index contributed by atoms with van der Waals surface area (Å²) in [5.74, 6) is 0.635. The second-order valence-corrected chi connectivity index (χ2v) is 4.86. The smallest absolute Gasteiger partial charge is 0.206 e. The molecule has 0 spiro atoms. The predicted molar refractivity (Wildman–Crippen MR) is 72.8 cm³/mol. The van der Waals surface area contributed by atoms with Gasteiger partial charge in [-0.25, -0.2) is 0 Å². The molecule has 2 rings (SSSR count). The van der Waals surface area contributed by atoms with E-state index in [-0.39, 0.29) is 23.7 Å². The van der Waals surface area contributed by atoms with Crippen LogP contribution in [0.3, 0.4) is 0 Å². The molecule has 3 N–H and O–H groups in total. The van der Waals surface area contributed by atoms with Crippen LogP contribution in [0.5, 0.6) is 23.0 Å². The van der Waals surface area contributed by atoms with Crippen LogP contribution in [-0.4, -0.2) is 54.1 Å². The highest BCUT2D eigenvalue weighted by Gasteiger charge is 2.36. The van der Waals surface area contributed by atoms with Gasteiger partial charge < -0.3 is 34.3 Å². The van der Waals surface area contributed by atoms with Crippen molar-refractivity contribution in [3.05, 3.63) is 12.1 Å². The number of methoxy groups -OCH3 is 2. The summed E-state index contributed by atoms with van der Waals surface area (Å²) in [5, 5.41) is 29.4. The van der Waals surface area contributed by atoms with E-state index in [4.69, 9.17) is 18.9 Å². The van der Waals surface area contributed by atoms with Crippen LogP contribution in [0.2, 0.25) is 0 Å². The fourth-order valence-corrected chi connectivity index (χ4v) is 2.18. The van der Waals surface area contributed by atoms with E-state index in [0.717, 1.165) is 0 Å². The van der Waals surface area contributed by atoms with Crippen molar-refractivity contribution in [3.8, 4) is 23.0 Å². The van der Waals surface area contributed by atoms with E-state index in [1.807, 2.05) is 0 Å². The van der Waals surface area contributed by atoms with E-state index in [9.17, 15) is 15.3 Å². The van der Waals surface area contributed by atoms with Crippen molar-refractivity contribution in [1.29, 1.82) is 0 Å². The Hall–Kier alpha value is -1.70. The van der Waals surface area contributed by atoms with Gasteiger partial charge in [-0.1, -0.05) is 0 Å². The number of aliphatic hydroxyl groups excluding tert-OH is 2. The van der Waals surface area contributed by atoms with Gasteiger partial charge >= 0.3 is 0 Å². The topological polar surface area (TPSA) is 97.6 Å². The maximum absolute atomic E-state index is 10.00. The molecule has 118 valence electrons. The molecule has 0 radical (unpaired) electrons. The zero-order chi connectivity index (χ0) is 15.6. The predicted octanol–water partition coefficient (Wildman–Crippen LogP) is 0.645. The lowest BCUT2D eigenvalue weighted by Gasteiger charge is -2.35. The number of aromatic hydroxyl groups is 1. The highest BCUT2D eigenvalue weighted by Crippen LogP contribution is 2.41. The fourth-order valence-electron chi connectivity index (χ4n) is 2.18. The summed E-state index contributed by atoms with van der Waals surface area (Å²) in [7, 11) is 2.91. The molecule has 0 aromatic heterocycles. The average Bonchev–Trinajstić information content (AvgIpc) is 2.46. The van der Waals surface area contributed by atoms with Gasteiger partial charge in [0.25, 0.3) is 0 Å². The van der Waals surface area contributed by atoms with Gasteiger partial charge in [0.15, 0.2) is 11.5 Å². The zero-order valence-electron chi connectivity index (χ0n) is 12.1. The summed E-state index contributed by atoms with van der Waals surface area (Å²) < 4.78 is 21.2. The minimum atomic E-state index is -0.962. The lowest BCUT2D eigenvalue weighted by atomic mass is 10.0. The Bertz CT molecular complexity index is 478. The summed E-state index contributed by atoms with van der Waals surface area (Å²) in [6, 6.07) is 2.95. The highest BCUT2D eigenvalue weighted by atomic mass is 16.7. The van der Waals surface area contributed by atoms with Gasteiger partial charge in [-0.3, -0.25) is 0 Å². The van der Waals surface area contributed by atoms with E-state index < -0.39 is 24.6 Å². The molecule has 1 aliphatic rings. The summed E-state index contributed by atoms with van der Waals surface area (Å²) in [5.41, 5.74) is 0. The summed E-state index contributed by atoms with van der Waals surface area (Å²) in [4.78, 5) is 0. The molecule has 0 saturated carbocycles. The SMILES string of the molecule is COc1cc(O)c(O[C@H]2C[C@H](O)[C@H](O)[C@@H](C)O2)c(OC)c1. The maximum Gasteiger partial charge on any atom is 0.206 e. The number of aliphatic hydroxyl groups is 2. The van der Waals surface area contributed by atoms with Crippen molar-refractivity contribution in [2.75, 3.05) is 14.2 Å². The molecule has 1 aromatic carbocycles. The van der Waals surface area contributed by atoms with E-state index in [1.165, 1.54) is 20.3 Å². The summed E-state index contributed by atoms with van der Waals surface area (Å²) in [6.45, 7) is 1.63. The molecule has 0 aliphatic carbocycles. The van der Waals surface area contributed by atoms with Crippen molar-refractivity contribution in [2.45, 2.75) is 37.9 Å². The van der Waals surface area contributed by atoms with Crippen molar-refractivity contribution in [3.63, 3.8) is 0 Å². The van der Waals surface area contributed by atoms with Crippen LogP contribution >= 0.6 is 0 Å². The molecule has 0 unspecified atom stereocenters. The van der Waals surface area contributed by atoms with E-state index in [2.05, 4.69) is 0 Å². The molecule has 7 heteroatoms. The molecule has 0 amide bonds. The number of hydrogen-bond acceptors (Lipinski definition) is 7. The second-order valence-electron chi connectivity index (χ2n) is 4.86. The lowest BCUT2D eigenvalue weighted by Crippen LogP contribution is -2.48. The summed E-state index contributed by atoms with van der Waals surface area (Å²) in [6.07, 6.45) is -3.21. The molecule has 0 bridgehead atoms. The number of rotatable bonds is 4. The van der Waals surface area contributed by atoms with Crippen molar-refractivity contribution < 1.29 is 34.3 Å². The second kappa shape index (κ2) is 6.38.